The molecule has 1 aliphatic rings. The summed E-state index contributed by atoms with van der Waals surface area (Å²) in [6.07, 6.45) is 4.49. The van der Waals surface area contributed by atoms with Gasteiger partial charge in [0.2, 0.25) is 0 Å². The van der Waals surface area contributed by atoms with Gasteiger partial charge in [0.05, 0.1) is 0 Å². The lowest BCUT2D eigenvalue weighted by atomic mass is 9.87. The van der Waals surface area contributed by atoms with Crippen LogP contribution in [0.5, 0.6) is 0 Å². The Kier molecular flexibility index (Phi) is 4.40. The molecule has 0 aliphatic heterocycles. The number of amides is 2. The summed E-state index contributed by atoms with van der Waals surface area (Å²) in [6.45, 7) is 4.00. The summed E-state index contributed by atoms with van der Waals surface area (Å²) in [4.78, 5) is 11.9. The van der Waals surface area contributed by atoms with E-state index in [2.05, 4.69) is 17.6 Å². The molecule has 19 heavy (non-hydrogen) atoms. The first-order chi connectivity index (χ1) is 9.04. The first-order valence-corrected chi connectivity index (χ1v) is 6.88. The van der Waals surface area contributed by atoms with Crippen LogP contribution in [0.3, 0.4) is 0 Å². The first-order valence-electron chi connectivity index (χ1n) is 6.88. The van der Waals surface area contributed by atoms with Crippen molar-refractivity contribution in [2.75, 3.05) is 5.32 Å². The van der Waals surface area contributed by atoms with Gasteiger partial charge in [0, 0.05) is 11.7 Å². The lowest BCUT2D eigenvalue weighted by Crippen LogP contribution is -2.40. The second-order valence-electron chi connectivity index (χ2n) is 5.53. The number of anilines is 1. The van der Waals surface area contributed by atoms with E-state index in [4.69, 9.17) is 0 Å². The van der Waals surface area contributed by atoms with E-state index >= 15 is 0 Å². The third-order valence-corrected chi connectivity index (χ3v) is 3.71. The van der Waals surface area contributed by atoms with Crippen LogP contribution in [-0.2, 0) is 0 Å². The number of benzene rings is 1. The highest BCUT2D eigenvalue weighted by Crippen LogP contribution is 2.23. The van der Waals surface area contributed by atoms with E-state index in [0.717, 1.165) is 18.4 Å². The Balaban J connectivity index is 1.90. The van der Waals surface area contributed by atoms with Crippen LogP contribution in [0, 0.1) is 18.7 Å². The van der Waals surface area contributed by atoms with Gasteiger partial charge in [-0.1, -0.05) is 19.8 Å². The lowest BCUT2D eigenvalue weighted by molar-refractivity contribution is 0.238. The monoisotopic (exact) mass is 264 g/mol. The number of carbonyl (C=O) groups excluding carboxylic acids is 1. The maximum atomic E-state index is 13.0. The Morgan fingerprint density at radius 2 is 2.16 bits per heavy atom. The summed E-state index contributed by atoms with van der Waals surface area (Å²) in [7, 11) is 0. The smallest absolute Gasteiger partial charge is 0.319 e. The standard InChI is InChI=1S/C15H21FN2O/c1-10-4-3-5-13(8-10)17-15(19)18-14-7-6-12(16)9-11(14)2/h6-7,9-10,13H,3-5,8H2,1-2H3,(H2,17,18,19)/t10-,13-/m0/s1. The fourth-order valence-electron chi connectivity index (χ4n) is 2.68. The molecule has 1 aliphatic carbocycles. The van der Waals surface area contributed by atoms with Gasteiger partial charge in [-0.15, -0.1) is 0 Å². The quantitative estimate of drug-likeness (QED) is 0.837. The molecule has 0 radical (unpaired) electrons. The fraction of sp³-hybridized carbons (Fsp3) is 0.533. The SMILES string of the molecule is Cc1cc(F)ccc1NC(=O)N[C@H]1CCC[C@H](C)C1. The molecule has 0 unspecified atom stereocenters. The normalized spacial score (nSPS) is 22.9. The molecular weight excluding hydrogens is 243 g/mol. The third-order valence-electron chi connectivity index (χ3n) is 3.71. The highest BCUT2D eigenvalue weighted by Gasteiger charge is 2.20. The van der Waals surface area contributed by atoms with Gasteiger partial charge in [0.1, 0.15) is 5.82 Å². The molecular formula is C15H21FN2O. The van der Waals surface area contributed by atoms with Crippen LogP contribution < -0.4 is 10.6 Å². The average molecular weight is 264 g/mol. The van der Waals surface area contributed by atoms with Gasteiger partial charge in [-0.05, 0) is 49.4 Å². The lowest BCUT2D eigenvalue weighted by Gasteiger charge is -2.27. The predicted molar refractivity (Wildman–Crippen MR) is 74.7 cm³/mol. The maximum Gasteiger partial charge on any atom is 0.319 e. The molecule has 1 saturated carbocycles. The zero-order valence-corrected chi connectivity index (χ0v) is 11.5. The first kappa shape index (κ1) is 13.8. The number of rotatable bonds is 2. The topological polar surface area (TPSA) is 41.1 Å². The van der Waals surface area contributed by atoms with Crippen molar-refractivity contribution in [1.82, 2.24) is 5.32 Å². The minimum atomic E-state index is -0.287. The number of halogens is 1. The molecule has 0 bridgehead atoms. The summed E-state index contributed by atoms with van der Waals surface area (Å²) in [5.74, 6) is 0.385. The molecule has 0 saturated heterocycles. The molecule has 2 N–H and O–H groups in total. The van der Waals surface area contributed by atoms with E-state index in [1.54, 1.807) is 13.0 Å². The molecule has 2 amide bonds. The van der Waals surface area contributed by atoms with E-state index < -0.39 is 0 Å². The molecule has 2 atom stereocenters. The van der Waals surface area contributed by atoms with Gasteiger partial charge in [-0.3, -0.25) is 0 Å². The van der Waals surface area contributed by atoms with Crippen molar-refractivity contribution in [3.63, 3.8) is 0 Å². The van der Waals surface area contributed by atoms with Gasteiger partial charge in [0.25, 0.3) is 0 Å². The second kappa shape index (κ2) is 6.04. The van der Waals surface area contributed by atoms with E-state index in [0.29, 0.717) is 11.6 Å². The van der Waals surface area contributed by atoms with Crippen molar-refractivity contribution in [1.29, 1.82) is 0 Å². The molecule has 4 heteroatoms. The largest absolute Gasteiger partial charge is 0.335 e. The fourth-order valence-corrected chi connectivity index (χ4v) is 2.68. The number of hydrogen-bond donors (Lipinski definition) is 2. The number of carbonyl (C=O) groups is 1. The van der Waals surface area contributed by atoms with Crippen molar-refractivity contribution in [3.05, 3.63) is 29.6 Å². The van der Waals surface area contributed by atoms with Crippen LogP contribution in [0.2, 0.25) is 0 Å². The van der Waals surface area contributed by atoms with Gasteiger partial charge in [0.15, 0.2) is 0 Å². The number of nitrogens with one attached hydrogen (secondary N) is 2. The highest BCUT2D eigenvalue weighted by atomic mass is 19.1. The van der Waals surface area contributed by atoms with Gasteiger partial charge >= 0.3 is 6.03 Å². The van der Waals surface area contributed by atoms with Gasteiger partial charge in [-0.2, -0.15) is 0 Å². The number of urea groups is 1. The predicted octanol–water partition coefficient (Wildman–Crippen LogP) is 3.83. The molecule has 0 heterocycles. The van der Waals surface area contributed by atoms with Crippen LogP contribution in [0.4, 0.5) is 14.9 Å². The third kappa shape index (κ3) is 3.94. The average Bonchev–Trinajstić information content (AvgIpc) is 2.33. The molecule has 3 nitrogen and oxygen atoms in total. The van der Waals surface area contributed by atoms with Crippen molar-refractivity contribution in [3.8, 4) is 0 Å². The molecule has 104 valence electrons. The van der Waals surface area contributed by atoms with E-state index in [1.165, 1.54) is 25.0 Å². The van der Waals surface area contributed by atoms with Crippen LogP contribution in [-0.4, -0.2) is 12.1 Å². The van der Waals surface area contributed by atoms with E-state index in [9.17, 15) is 9.18 Å². The van der Waals surface area contributed by atoms with E-state index in [-0.39, 0.29) is 17.9 Å². The van der Waals surface area contributed by atoms with Crippen LogP contribution in [0.15, 0.2) is 18.2 Å². The van der Waals surface area contributed by atoms with Crippen LogP contribution in [0.25, 0.3) is 0 Å². The molecule has 0 spiro atoms. The zero-order valence-electron chi connectivity index (χ0n) is 11.5. The summed E-state index contributed by atoms with van der Waals surface area (Å²) in [6, 6.07) is 4.41. The van der Waals surface area contributed by atoms with Gasteiger partial charge < -0.3 is 10.6 Å². The zero-order chi connectivity index (χ0) is 13.8. The molecule has 2 rings (SSSR count). The van der Waals surface area contributed by atoms with Crippen molar-refractivity contribution < 1.29 is 9.18 Å². The van der Waals surface area contributed by atoms with Crippen LogP contribution >= 0.6 is 0 Å². The molecule has 1 fully saturated rings. The summed E-state index contributed by atoms with van der Waals surface area (Å²) < 4.78 is 13.0. The number of aryl methyl sites for hydroxylation is 1. The summed E-state index contributed by atoms with van der Waals surface area (Å²) in [5.41, 5.74) is 1.38. The highest BCUT2D eigenvalue weighted by molar-refractivity contribution is 5.90. The van der Waals surface area contributed by atoms with Crippen molar-refractivity contribution in [2.45, 2.75) is 45.6 Å². The second-order valence-corrected chi connectivity index (χ2v) is 5.53. The van der Waals surface area contributed by atoms with Gasteiger partial charge in [-0.25, -0.2) is 9.18 Å². The summed E-state index contributed by atoms with van der Waals surface area (Å²) in [5, 5.41) is 5.78. The number of hydrogen-bond acceptors (Lipinski definition) is 1. The van der Waals surface area contributed by atoms with Crippen molar-refractivity contribution in [2.24, 2.45) is 5.92 Å². The molecule has 1 aromatic carbocycles. The summed E-state index contributed by atoms with van der Waals surface area (Å²) >= 11 is 0. The molecule has 0 aromatic heterocycles. The van der Waals surface area contributed by atoms with Crippen molar-refractivity contribution >= 4 is 11.7 Å². The van der Waals surface area contributed by atoms with Crippen LogP contribution in [0.1, 0.15) is 38.2 Å². The Labute approximate surface area is 113 Å². The Bertz CT molecular complexity index is 461. The Morgan fingerprint density at radius 3 is 2.84 bits per heavy atom. The molecule has 1 aromatic rings. The minimum Gasteiger partial charge on any atom is -0.335 e. The maximum absolute atomic E-state index is 13.0. The Hall–Kier alpha value is -1.58. The van der Waals surface area contributed by atoms with E-state index in [1.807, 2.05) is 0 Å². The minimum absolute atomic E-state index is 0.200. The Morgan fingerprint density at radius 1 is 1.37 bits per heavy atom.